The normalized spacial score (nSPS) is 17.4. The largest absolute Gasteiger partial charge is 0.0625 e. The molecule has 0 nitrogen and oxygen atoms in total. The van der Waals surface area contributed by atoms with Crippen molar-refractivity contribution in [3.63, 3.8) is 0 Å². The molecule has 0 spiro atoms. The zero-order chi connectivity index (χ0) is 14.3. The first-order valence-corrected chi connectivity index (χ1v) is 8.07. The highest BCUT2D eigenvalue weighted by molar-refractivity contribution is 5.18. The Kier molecular flexibility index (Phi) is 7.20. The maximum atomic E-state index is 2.34. The van der Waals surface area contributed by atoms with Gasteiger partial charge < -0.3 is 0 Å². The molecule has 0 N–H and O–H groups in total. The minimum Gasteiger partial charge on any atom is -0.0625 e. The predicted octanol–water partition coefficient (Wildman–Crippen LogP) is 6.28. The third-order valence-electron chi connectivity index (χ3n) is 4.67. The van der Waals surface area contributed by atoms with Gasteiger partial charge >= 0.3 is 0 Å². The Labute approximate surface area is 120 Å². The highest BCUT2D eigenvalue weighted by atomic mass is 14.2. The maximum Gasteiger partial charge on any atom is -0.0167 e. The van der Waals surface area contributed by atoms with Gasteiger partial charge in [0.2, 0.25) is 0 Å². The molecule has 1 aromatic rings. The summed E-state index contributed by atoms with van der Waals surface area (Å²) in [6, 6.07) is 10.7. The molecule has 0 radical (unpaired) electrons. The van der Waals surface area contributed by atoms with Crippen molar-refractivity contribution in [1.82, 2.24) is 0 Å². The molecule has 1 aliphatic rings. The molecular weight excluding hydrogens is 228 g/mol. The average Bonchev–Trinajstić information content (AvgIpc) is 2.93. The fraction of sp³-hybridized carbons (Fsp3) is 0.684. The van der Waals surface area contributed by atoms with Crippen LogP contribution in [-0.2, 0) is 0 Å². The Balaban J connectivity index is 0.000000200. The molecule has 0 saturated heterocycles. The Morgan fingerprint density at radius 2 is 1.37 bits per heavy atom. The van der Waals surface area contributed by atoms with E-state index in [1.54, 1.807) is 0 Å². The second-order valence-corrected chi connectivity index (χ2v) is 6.73. The van der Waals surface area contributed by atoms with Crippen LogP contribution >= 0.6 is 0 Å². The fourth-order valence-electron chi connectivity index (χ4n) is 2.77. The summed E-state index contributed by atoms with van der Waals surface area (Å²) in [4.78, 5) is 0. The summed E-state index contributed by atoms with van der Waals surface area (Å²) in [5, 5.41) is 0. The molecular formula is C19H32. The van der Waals surface area contributed by atoms with Crippen molar-refractivity contribution in [3.8, 4) is 0 Å². The molecule has 1 aliphatic carbocycles. The van der Waals surface area contributed by atoms with Gasteiger partial charge in [0.15, 0.2) is 0 Å². The lowest BCUT2D eigenvalue weighted by Gasteiger charge is -2.15. The Hall–Kier alpha value is -0.780. The second kappa shape index (κ2) is 8.40. The van der Waals surface area contributed by atoms with Gasteiger partial charge in [0.1, 0.15) is 0 Å². The van der Waals surface area contributed by atoms with Crippen LogP contribution in [0.4, 0.5) is 0 Å². The summed E-state index contributed by atoms with van der Waals surface area (Å²) in [6.07, 6.45) is 5.97. The van der Waals surface area contributed by atoms with Crippen LogP contribution in [0.5, 0.6) is 0 Å². The Morgan fingerprint density at radius 3 is 1.74 bits per heavy atom. The molecule has 1 aromatic carbocycles. The van der Waals surface area contributed by atoms with E-state index in [0.717, 1.165) is 17.8 Å². The SMILES string of the molecule is CC(C)C(C)c1ccccc1.CC(C)C1CCCC1. The highest BCUT2D eigenvalue weighted by Gasteiger charge is 2.17. The van der Waals surface area contributed by atoms with Crippen LogP contribution in [0.25, 0.3) is 0 Å². The molecule has 0 heterocycles. The van der Waals surface area contributed by atoms with E-state index in [9.17, 15) is 0 Å². The molecule has 0 aromatic heterocycles. The van der Waals surface area contributed by atoms with Gasteiger partial charge in [-0.2, -0.15) is 0 Å². The maximum absolute atomic E-state index is 2.34. The molecule has 1 saturated carbocycles. The van der Waals surface area contributed by atoms with Crippen LogP contribution < -0.4 is 0 Å². The first-order valence-electron chi connectivity index (χ1n) is 8.07. The molecule has 0 aliphatic heterocycles. The zero-order valence-electron chi connectivity index (χ0n) is 13.5. The minimum absolute atomic E-state index is 0.677. The molecule has 0 heteroatoms. The lowest BCUT2D eigenvalue weighted by molar-refractivity contribution is 0.396. The van der Waals surface area contributed by atoms with Gasteiger partial charge in [0.05, 0.1) is 0 Å². The zero-order valence-corrected chi connectivity index (χ0v) is 13.5. The predicted molar refractivity (Wildman–Crippen MR) is 86.5 cm³/mol. The third kappa shape index (κ3) is 5.80. The van der Waals surface area contributed by atoms with E-state index in [-0.39, 0.29) is 0 Å². The summed E-state index contributed by atoms with van der Waals surface area (Å²) >= 11 is 0. The van der Waals surface area contributed by atoms with Crippen molar-refractivity contribution in [2.75, 3.05) is 0 Å². The van der Waals surface area contributed by atoms with Gasteiger partial charge in [-0.25, -0.2) is 0 Å². The lowest BCUT2D eigenvalue weighted by Crippen LogP contribution is -2.01. The molecule has 2 rings (SSSR count). The topological polar surface area (TPSA) is 0 Å². The van der Waals surface area contributed by atoms with Gasteiger partial charge in [0.25, 0.3) is 0 Å². The quantitative estimate of drug-likeness (QED) is 0.600. The van der Waals surface area contributed by atoms with Crippen LogP contribution in [0.1, 0.15) is 71.8 Å². The van der Waals surface area contributed by atoms with Crippen LogP contribution in [0.2, 0.25) is 0 Å². The molecule has 0 bridgehead atoms. The van der Waals surface area contributed by atoms with Crippen molar-refractivity contribution >= 4 is 0 Å². The first-order chi connectivity index (χ1) is 9.02. The van der Waals surface area contributed by atoms with Gasteiger partial charge in [-0.05, 0) is 29.2 Å². The lowest BCUT2D eigenvalue weighted by atomic mass is 9.91. The van der Waals surface area contributed by atoms with Gasteiger partial charge in [-0.15, -0.1) is 0 Å². The van der Waals surface area contributed by atoms with Crippen molar-refractivity contribution < 1.29 is 0 Å². The van der Waals surface area contributed by atoms with E-state index >= 15 is 0 Å². The second-order valence-electron chi connectivity index (χ2n) is 6.73. The van der Waals surface area contributed by atoms with Crippen molar-refractivity contribution in [1.29, 1.82) is 0 Å². The van der Waals surface area contributed by atoms with Crippen LogP contribution in [0.15, 0.2) is 30.3 Å². The van der Waals surface area contributed by atoms with Crippen molar-refractivity contribution in [2.24, 2.45) is 17.8 Å². The first kappa shape index (κ1) is 16.3. The number of rotatable bonds is 3. The summed E-state index contributed by atoms with van der Waals surface area (Å²) in [7, 11) is 0. The van der Waals surface area contributed by atoms with E-state index in [4.69, 9.17) is 0 Å². The number of hydrogen-bond acceptors (Lipinski definition) is 0. The number of benzene rings is 1. The average molecular weight is 260 g/mol. The van der Waals surface area contributed by atoms with Gasteiger partial charge in [-0.3, -0.25) is 0 Å². The summed E-state index contributed by atoms with van der Waals surface area (Å²) < 4.78 is 0. The van der Waals surface area contributed by atoms with E-state index in [0.29, 0.717) is 5.92 Å². The van der Waals surface area contributed by atoms with Gasteiger partial charge in [0, 0.05) is 0 Å². The molecule has 1 atom stereocenters. The molecule has 19 heavy (non-hydrogen) atoms. The van der Waals surface area contributed by atoms with E-state index in [2.05, 4.69) is 65.0 Å². The minimum atomic E-state index is 0.677. The summed E-state index contributed by atoms with van der Waals surface area (Å²) in [6.45, 7) is 11.5. The van der Waals surface area contributed by atoms with Crippen LogP contribution in [0.3, 0.4) is 0 Å². The summed E-state index contributed by atoms with van der Waals surface area (Å²) in [5.74, 6) is 3.42. The Bertz CT molecular complexity index is 317. The molecule has 108 valence electrons. The van der Waals surface area contributed by atoms with E-state index in [1.165, 1.54) is 31.2 Å². The molecule has 1 fully saturated rings. The van der Waals surface area contributed by atoms with Crippen LogP contribution in [0, 0.1) is 17.8 Å². The summed E-state index contributed by atoms with van der Waals surface area (Å²) in [5.41, 5.74) is 1.45. The standard InChI is InChI=1S/C11H16.C8H16/c1-9(2)10(3)11-7-5-4-6-8-11;1-7(2)8-5-3-4-6-8/h4-10H,1-3H3;7-8H,3-6H2,1-2H3. The van der Waals surface area contributed by atoms with E-state index < -0.39 is 0 Å². The molecule has 1 unspecified atom stereocenters. The van der Waals surface area contributed by atoms with Gasteiger partial charge in [-0.1, -0.05) is 90.6 Å². The highest BCUT2D eigenvalue weighted by Crippen LogP contribution is 2.30. The smallest absolute Gasteiger partial charge is 0.0167 e. The van der Waals surface area contributed by atoms with E-state index in [1.807, 2.05) is 0 Å². The van der Waals surface area contributed by atoms with Crippen molar-refractivity contribution in [3.05, 3.63) is 35.9 Å². The Morgan fingerprint density at radius 1 is 0.842 bits per heavy atom. The fourth-order valence-corrected chi connectivity index (χ4v) is 2.77. The monoisotopic (exact) mass is 260 g/mol. The molecule has 0 amide bonds. The number of hydrogen-bond donors (Lipinski definition) is 0. The van der Waals surface area contributed by atoms with Crippen LogP contribution in [-0.4, -0.2) is 0 Å². The van der Waals surface area contributed by atoms with Crippen molar-refractivity contribution in [2.45, 2.75) is 66.2 Å². The third-order valence-corrected chi connectivity index (χ3v) is 4.67.